The largest absolute Gasteiger partial charge is 0.467 e. The molecule has 1 aliphatic heterocycles. The van der Waals surface area contributed by atoms with Crippen LogP contribution in [0.5, 0.6) is 0 Å². The molecule has 2 N–H and O–H groups in total. The normalized spacial score (nSPS) is 15.8. The minimum Gasteiger partial charge on any atom is -0.467 e. The topological polar surface area (TPSA) is 91.6 Å². The van der Waals surface area contributed by atoms with E-state index in [2.05, 4.69) is 10.6 Å². The number of furan rings is 1. The summed E-state index contributed by atoms with van der Waals surface area (Å²) in [5, 5.41) is 5.59. The van der Waals surface area contributed by atoms with E-state index >= 15 is 0 Å². The molecular formula is C23H21N3O4. The second-order valence-electron chi connectivity index (χ2n) is 7.04. The number of nitrogens with zero attached hydrogens (tertiary/aromatic N) is 1. The molecule has 1 unspecified atom stereocenters. The lowest BCUT2D eigenvalue weighted by molar-refractivity contribution is -0.122. The summed E-state index contributed by atoms with van der Waals surface area (Å²) in [5.41, 5.74) is 1.53. The van der Waals surface area contributed by atoms with E-state index in [-0.39, 0.29) is 30.7 Å². The smallest absolute Gasteiger partial charge is 0.253 e. The fourth-order valence-electron chi connectivity index (χ4n) is 3.44. The fraction of sp³-hybridized carbons (Fsp3) is 0.174. The summed E-state index contributed by atoms with van der Waals surface area (Å²) in [5.74, 6) is -0.554. The zero-order chi connectivity index (χ0) is 20.9. The molecule has 1 atom stereocenters. The highest BCUT2D eigenvalue weighted by molar-refractivity contribution is 6.07. The summed E-state index contributed by atoms with van der Waals surface area (Å²) in [6.45, 7) is 0.554. The number of nitrogens with one attached hydrogen (secondary N) is 2. The lowest BCUT2D eigenvalue weighted by Gasteiger charge is -2.17. The number of anilines is 2. The summed E-state index contributed by atoms with van der Waals surface area (Å²) in [6, 6.07) is 19.6. The first-order valence-corrected chi connectivity index (χ1v) is 9.67. The van der Waals surface area contributed by atoms with Gasteiger partial charge in [0.05, 0.1) is 30.0 Å². The van der Waals surface area contributed by atoms with Crippen molar-refractivity contribution in [1.82, 2.24) is 5.32 Å². The molecule has 1 fully saturated rings. The number of carbonyl (C=O) groups is 3. The van der Waals surface area contributed by atoms with Crippen LogP contribution >= 0.6 is 0 Å². The molecule has 3 amide bonds. The van der Waals surface area contributed by atoms with Gasteiger partial charge in [0.1, 0.15) is 5.76 Å². The van der Waals surface area contributed by atoms with Gasteiger partial charge >= 0.3 is 0 Å². The van der Waals surface area contributed by atoms with E-state index in [9.17, 15) is 14.4 Å². The first-order chi connectivity index (χ1) is 14.6. The molecule has 3 aromatic rings. The second kappa shape index (κ2) is 8.65. The molecule has 0 bridgehead atoms. The van der Waals surface area contributed by atoms with Gasteiger partial charge in [0, 0.05) is 18.7 Å². The van der Waals surface area contributed by atoms with Gasteiger partial charge in [-0.05, 0) is 36.4 Å². The molecule has 1 aliphatic rings. The van der Waals surface area contributed by atoms with Crippen LogP contribution in [0.2, 0.25) is 0 Å². The fourth-order valence-corrected chi connectivity index (χ4v) is 3.44. The van der Waals surface area contributed by atoms with Crippen LogP contribution in [0.25, 0.3) is 0 Å². The molecule has 4 rings (SSSR count). The standard InChI is InChI=1S/C23H21N3O4/c27-21-13-16(15-26(21)17-7-2-1-3-8-17)22(28)25-20-11-5-4-10-19(20)23(29)24-14-18-9-6-12-30-18/h1-12,16H,13-15H2,(H,24,29)(H,25,28). The van der Waals surface area contributed by atoms with Gasteiger partial charge in [0.25, 0.3) is 5.91 Å². The Morgan fingerprint density at radius 3 is 2.53 bits per heavy atom. The maximum atomic E-state index is 12.8. The van der Waals surface area contributed by atoms with Crippen molar-refractivity contribution >= 4 is 29.1 Å². The molecule has 1 aromatic heterocycles. The van der Waals surface area contributed by atoms with Gasteiger partial charge in [-0.1, -0.05) is 30.3 Å². The van der Waals surface area contributed by atoms with Crippen LogP contribution in [0.4, 0.5) is 11.4 Å². The number of amides is 3. The van der Waals surface area contributed by atoms with Gasteiger partial charge in [-0.2, -0.15) is 0 Å². The summed E-state index contributed by atoms with van der Waals surface area (Å²) in [6.07, 6.45) is 1.67. The van der Waals surface area contributed by atoms with Crippen molar-refractivity contribution < 1.29 is 18.8 Å². The van der Waals surface area contributed by atoms with Gasteiger partial charge < -0.3 is 20.0 Å². The molecule has 0 saturated carbocycles. The van der Waals surface area contributed by atoms with Crippen molar-refractivity contribution in [2.24, 2.45) is 5.92 Å². The van der Waals surface area contributed by atoms with Gasteiger partial charge in [-0.3, -0.25) is 14.4 Å². The third-order valence-electron chi connectivity index (χ3n) is 5.00. The molecule has 0 radical (unpaired) electrons. The third-order valence-corrected chi connectivity index (χ3v) is 5.00. The Morgan fingerprint density at radius 1 is 1.00 bits per heavy atom. The molecule has 152 valence electrons. The van der Waals surface area contributed by atoms with Crippen LogP contribution in [0.1, 0.15) is 22.5 Å². The Kier molecular flexibility index (Phi) is 5.61. The number of benzene rings is 2. The summed E-state index contributed by atoms with van der Waals surface area (Å²) >= 11 is 0. The van der Waals surface area contributed by atoms with Gasteiger partial charge in [0.15, 0.2) is 0 Å². The number of para-hydroxylation sites is 2. The SMILES string of the molecule is O=C(NCc1ccco1)c1ccccc1NC(=O)C1CC(=O)N(c2ccccc2)C1. The molecule has 0 spiro atoms. The maximum absolute atomic E-state index is 12.8. The second-order valence-corrected chi connectivity index (χ2v) is 7.04. The van der Waals surface area contributed by atoms with Crippen LogP contribution in [0, 0.1) is 5.92 Å². The van der Waals surface area contributed by atoms with Crippen LogP contribution in [0.3, 0.4) is 0 Å². The predicted octanol–water partition coefficient (Wildman–Crippen LogP) is 3.20. The van der Waals surface area contributed by atoms with Crippen molar-refractivity contribution in [2.75, 3.05) is 16.8 Å². The lowest BCUT2D eigenvalue weighted by Crippen LogP contribution is -2.29. The monoisotopic (exact) mass is 403 g/mol. The summed E-state index contributed by atoms with van der Waals surface area (Å²) < 4.78 is 5.22. The summed E-state index contributed by atoms with van der Waals surface area (Å²) in [4.78, 5) is 39.4. The molecule has 1 saturated heterocycles. The zero-order valence-electron chi connectivity index (χ0n) is 16.2. The van der Waals surface area contributed by atoms with Crippen molar-refractivity contribution in [2.45, 2.75) is 13.0 Å². The number of hydrogen-bond donors (Lipinski definition) is 2. The Balaban J connectivity index is 1.42. The number of carbonyl (C=O) groups excluding carboxylic acids is 3. The van der Waals surface area contributed by atoms with E-state index in [0.717, 1.165) is 5.69 Å². The van der Waals surface area contributed by atoms with E-state index in [1.165, 1.54) is 6.26 Å². The van der Waals surface area contributed by atoms with Gasteiger partial charge in [-0.15, -0.1) is 0 Å². The van der Waals surface area contributed by atoms with E-state index in [4.69, 9.17) is 4.42 Å². The van der Waals surface area contributed by atoms with E-state index < -0.39 is 5.92 Å². The highest BCUT2D eigenvalue weighted by atomic mass is 16.3. The number of hydrogen-bond acceptors (Lipinski definition) is 4. The quantitative estimate of drug-likeness (QED) is 0.661. The highest BCUT2D eigenvalue weighted by Gasteiger charge is 2.35. The third kappa shape index (κ3) is 4.25. The minimum absolute atomic E-state index is 0.0918. The Labute approximate surface area is 173 Å². The predicted molar refractivity (Wildman–Crippen MR) is 112 cm³/mol. The minimum atomic E-state index is -0.489. The Bertz CT molecular complexity index is 1050. The van der Waals surface area contributed by atoms with Crippen molar-refractivity contribution in [1.29, 1.82) is 0 Å². The number of rotatable bonds is 6. The molecule has 2 heterocycles. The van der Waals surface area contributed by atoms with Gasteiger partial charge in [0.2, 0.25) is 11.8 Å². The van der Waals surface area contributed by atoms with Crippen molar-refractivity contribution in [3.05, 3.63) is 84.3 Å². The Morgan fingerprint density at radius 2 is 1.77 bits per heavy atom. The van der Waals surface area contributed by atoms with E-state index in [0.29, 0.717) is 23.6 Å². The molecular weight excluding hydrogens is 382 g/mol. The van der Waals surface area contributed by atoms with Crippen molar-refractivity contribution in [3.63, 3.8) is 0 Å². The molecule has 0 aliphatic carbocycles. The maximum Gasteiger partial charge on any atom is 0.253 e. The average molecular weight is 403 g/mol. The molecule has 30 heavy (non-hydrogen) atoms. The van der Waals surface area contributed by atoms with Gasteiger partial charge in [-0.25, -0.2) is 0 Å². The van der Waals surface area contributed by atoms with Crippen LogP contribution in [-0.4, -0.2) is 24.3 Å². The first kappa shape index (κ1) is 19.4. The first-order valence-electron chi connectivity index (χ1n) is 9.67. The Hall–Kier alpha value is -3.87. The molecule has 7 heteroatoms. The average Bonchev–Trinajstić information content (AvgIpc) is 3.43. The molecule has 7 nitrogen and oxygen atoms in total. The van der Waals surface area contributed by atoms with Crippen LogP contribution < -0.4 is 15.5 Å². The van der Waals surface area contributed by atoms with E-state index in [1.807, 2.05) is 30.3 Å². The zero-order valence-corrected chi connectivity index (χ0v) is 16.2. The van der Waals surface area contributed by atoms with Crippen LogP contribution in [-0.2, 0) is 16.1 Å². The lowest BCUT2D eigenvalue weighted by atomic mass is 10.1. The highest BCUT2D eigenvalue weighted by Crippen LogP contribution is 2.26. The summed E-state index contributed by atoms with van der Waals surface area (Å²) in [7, 11) is 0. The van der Waals surface area contributed by atoms with Crippen LogP contribution in [0.15, 0.2) is 77.4 Å². The van der Waals surface area contributed by atoms with Crippen molar-refractivity contribution in [3.8, 4) is 0 Å². The molecule has 2 aromatic carbocycles. The van der Waals surface area contributed by atoms with E-state index in [1.54, 1.807) is 41.3 Å².